The number of amides is 2. The van der Waals surface area contributed by atoms with Crippen molar-refractivity contribution in [3.63, 3.8) is 0 Å². The van der Waals surface area contributed by atoms with E-state index in [0.29, 0.717) is 30.2 Å². The lowest BCUT2D eigenvalue weighted by atomic mass is 9.90. The molecule has 1 aromatic rings. The molecule has 0 radical (unpaired) electrons. The van der Waals surface area contributed by atoms with Gasteiger partial charge in [0.25, 0.3) is 5.91 Å². The summed E-state index contributed by atoms with van der Waals surface area (Å²) in [6, 6.07) is 5.28. The summed E-state index contributed by atoms with van der Waals surface area (Å²) < 4.78 is 11.6. The molecule has 2 amide bonds. The second-order valence-corrected chi connectivity index (χ2v) is 7.74. The van der Waals surface area contributed by atoms with Crippen LogP contribution >= 0.6 is 0 Å². The molecule has 3 aliphatic heterocycles. The topological polar surface area (TPSA) is 79.9 Å². The Morgan fingerprint density at radius 2 is 2.26 bits per heavy atom. The summed E-state index contributed by atoms with van der Waals surface area (Å²) in [6.45, 7) is 3.40. The van der Waals surface area contributed by atoms with E-state index in [9.17, 15) is 9.59 Å². The zero-order valence-corrected chi connectivity index (χ0v) is 15.8. The fourth-order valence-corrected chi connectivity index (χ4v) is 4.34. The van der Waals surface area contributed by atoms with E-state index in [1.165, 1.54) is 0 Å². The van der Waals surface area contributed by atoms with E-state index in [-0.39, 0.29) is 17.7 Å². The van der Waals surface area contributed by atoms with Gasteiger partial charge >= 0.3 is 0 Å². The normalized spacial score (nSPS) is 28.0. The first-order chi connectivity index (χ1) is 13.1. The molecular weight excluding hydrogens is 346 g/mol. The van der Waals surface area contributed by atoms with Crippen molar-refractivity contribution >= 4 is 11.8 Å². The Kier molecular flexibility index (Phi) is 4.95. The largest absolute Gasteiger partial charge is 0.497 e. The van der Waals surface area contributed by atoms with Crippen LogP contribution in [0.4, 0.5) is 0 Å². The average Bonchev–Trinajstić information content (AvgIpc) is 2.84. The van der Waals surface area contributed by atoms with Crippen LogP contribution in [-0.4, -0.2) is 62.1 Å². The quantitative estimate of drug-likeness (QED) is 0.814. The van der Waals surface area contributed by atoms with Gasteiger partial charge in [0.15, 0.2) is 0 Å². The van der Waals surface area contributed by atoms with Crippen LogP contribution in [0.2, 0.25) is 0 Å². The zero-order valence-electron chi connectivity index (χ0n) is 15.8. The molecule has 7 nitrogen and oxygen atoms in total. The molecular formula is C20H27N3O4. The minimum absolute atomic E-state index is 0.0471. The Morgan fingerprint density at radius 3 is 3.04 bits per heavy atom. The highest BCUT2D eigenvalue weighted by Crippen LogP contribution is 2.34. The van der Waals surface area contributed by atoms with Crippen LogP contribution in [0.5, 0.6) is 11.5 Å². The molecule has 2 N–H and O–H groups in total. The number of fused-ring (bicyclic) bond motifs is 1. The fourth-order valence-electron chi connectivity index (χ4n) is 4.34. The van der Waals surface area contributed by atoms with Gasteiger partial charge in [-0.05, 0) is 50.4 Å². The molecule has 0 unspecified atom stereocenters. The molecule has 0 aliphatic carbocycles. The van der Waals surface area contributed by atoms with Crippen LogP contribution in [0.25, 0.3) is 0 Å². The van der Waals surface area contributed by atoms with Crippen LogP contribution in [0, 0.1) is 5.92 Å². The van der Waals surface area contributed by atoms with Gasteiger partial charge in [-0.1, -0.05) is 0 Å². The Hall–Kier alpha value is -2.28. The number of hydrogen-bond donors (Lipinski definition) is 2. The van der Waals surface area contributed by atoms with E-state index in [1.54, 1.807) is 25.3 Å². The minimum atomic E-state index is -0.578. The average molecular weight is 373 g/mol. The first-order valence-corrected chi connectivity index (χ1v) is 9.75. The summed E-state index contributed by atoms with van der Waals surface area (Å²) in [5, 5.41) is 6.30. The molecule has 4 rings (SSSR count). The fraction of sp³-hybridized carbons (Fsp3) is 0.600. The van der Waals surface area contributed by atoms with Crippen LogP contribution < -0.4 is 20.1 Å². The highest BCUT2D eigenvalue weighted by atomic mass is 16.5. The summed E-state index contributed by atoms with van der Waals surface area (Å²) in [6.07, 6.45) is 3.66. The minimum Gasteiger partial charge on any atom is -0.497 e. The standard InChI is InChI=1S/C20H27N3O4/c1-26-15-5-6-17-16(10-15)18(24)22-12-20(27-17)7-3-9-23(13-20)19(25)14-4-2-8-21-11-14/h5-6,10,14,21H,2-4,7-9,11-13H2,1H3,(H,22,24)/t14-,20-/m0/s1. The maximum absolute atomic E-state index is 13.0. The highest BCUT2D eigenvalue weighted by Gasteiger charge is 2.43. The first kappa shape index (κ1) is 18.1. The van der Waals surface area contributed by atoms with E-state index in [0.717, 1.165) is 45.3 Å². The first-order valence-electron chi connectivity index (χ1n) is 9.75. The van der Waals surface area contributed by atoms with Gasteiger partial charge < -0.3 is 25.0 Å². The molecule has 7 heteroatoms. The maximum atomic E-state index is 13.0. The third-order valence-electron chi connectivity index (χ3n) is 5.83. The summed E-state index contributed by atoms with van der Waals surface area (Å²) in [4.78, 5) is 27.4. The van der Waals surface area contributed by atoms with Crippen LogP contribution in [0.1, 0.15) is 36.0 Å². The molecule has 0 aromatic heterocycles. The van der Waals surface area contributed by atoms with E-state index in [2.05, 4.69) is 10.6 Å². The second-order valence-electron chi connectivity index (χ2n) is 7.74. The number of ether oxygens (including phenoxy) is 2. The van der Waals surface area contributed by atoms with Gasteiger partial charge in [0.1, 0.15) is 17.1 Å². The molecule has 0 saturated carbocycles. The molecule has 2 atom stereocenters. The van der Waals surface area contributed by atoms with E-state index >= 15 is 0 Å². The Morgan fingerprint density at radius 1 is 1.37 bits per heavy atom. The monoisotopic (exact) mass is 373 g/mol. The number of hydrogen-bond acceptors (Lipinski definition) is 5. The van der Waals surface area contributed by atoms with Crippen molar-refractivity contribution in [3.8, 4) is 11.5 Å². The van der Waals surface area contributed by atoms with Gasteiger partial charge in [-0.15, -0.1) is 0 Å². The number of rotatable bonds is 2. The SMILES string of the molecule is COc1ccc2c(c1)C(=O)NC[C@]1(CCCN(C(=O)[C@H]3CCCNC3)C1)O2. The number of likely N-dealkylation sites (tertiary alicyclic amines) is 1. The number of carbonyl (C=O) groups is 2. The van der Waals surface area contributed by atoms with Crippen LogP contribution in [-0.2, 0) is 4.79 Å². The van der Waals surface area contributed by atoms with Crippen molar-refractivity contribution in [3.05, 3.63) is 23.8 Å². The molecule has 0 bridgehead atoms. The van der Waals surface area contributed by atoms with Crippen LogP contribution in [0.15, 0.2) is 18.2 Å². The number of benzene rings is 1. The number of nitrogens with zero attached hydrogens (tertiary/aromatic N) is 1. The number of methoxy groups -OCH3 is 1. The summed E-state index contributed by atoms with van der Waals surface area (Å²) in [5.41, 5.74) is -0.1000. The summed E-state index contributed by atoms with van der Waals surface area (Å²) in [5.74, 6) is 1.26. The van der Waals surface area contributed by atoms with E-state index in [4.69, 9.17) is 9.47 Å². The number of carbonyl (C=O) groups excluding carboxylic acids is 2. The predicted octanol–water partition coefficient (Wildman–Crippen LogP) is 1.18. The van der Waals surface area contributed by atoms with Gasteiger partial charge in [0.2, 0.25) is 5.91 Å². The molecule has 2 fully saturated rings. The van der Waals surface area contributed by atoms with Crippen LogP contribution in [0.3, 0.4) is 0 Å². The smallest absolute Gasteiger partial charge is 0.255 e. The molecule has 146 valence electrons. The van der Waals surface area contributed by atoms with Crippen molar-refractivity contribution in [2.45, 2.75) is 31.3 Å². The van der Waals surface area contributed by atoms with Crippen molar-refractivity contribution < 1.29 is 19.1 Å². The van der Waals surface area contributed by atoms with Gasteiger partial charge in [-0.2, -0.15) is 0 Å². The van der Waals surface area contributed by atoms with Gasteiger partial charge in [-0.3, -0.25) is 9.59 Å². The lowest BCUT2D eigenvalue weighted by molar-refractivity contribution is -0.141. The Balaban J connectivity index is 1.55. The summed E-state index contributed by atoms with van der Waals surface area (Å²) >= 11 is 0. The van der Waals surface area contributed by atoms with E-state index in [1.807, 2.05) is 4.90 Å². The number of nitrogens with one attached hydrogen (secondary N) is 2. The molecule has 2 saturated heterocycles. The zero-order chi connectivity index (χ0) is 18.9. The molecule has 1 spiro atoms. The Labute approximate surface area is 159 Å². The van der Waals surface area contributed by atoms with E-state index < -0.39 is 5.60 Å². The lowest BCUT2D eigenvalue weighted by Crippen LogP contribution is -2.59. The van der Waals surface area contributed by atoms with Gasteiger partial charge in [0.05, 0.1) is 31.7 Å². The lowest BCUT2D eigenvalue weighted by Gasteiger charge is -2.43. The van der Waals surface area contributed by atoms with Crippen molar-refractivity contribution in [2.24, 2.45) is 5.92 Å². The van der Waals surface area contributed by atoms with Crippen molar-refractivity contribution in [1.29, 1.82) is 0 Å². The van der Waals surface area contributed by atoms with Crippen molar-refractivity contribution in [1.82, 2.24) is 15.5 Å². The molecule has 3 aliphatic rings. The highest BCUT2D eigenvalue weighted by molar-refractivity contribution is 5.97. The third kappa shape index (κ3) is 3.60. The predicted molar refractivity (Wildman–Crippen MR) is 100 cm³/mol. The maximum Gasteiger partial charge on any atom is 0.255 e. The molecule has 3 heterocycles. The molecule has 27 heavy (non-hydrogen) atoms. The molecule has 1 aromatic carbocycles. The summed E-state index contributed by atoms with van der Waals surface area (Å²) in [7, 11) is 1.57. The van der Waals surface area contributed by atoms with Gasteiger partial charge in [-0.25, -0.2) is 0 Å². The van der Waals surface area contributed by atoms with Gasteiger partial charge in [0, 0.05) is 13.1 Å². The Bertz CT molecular complexity index is 732. The van der Waals surface area contributed by atoms with Crippen molar-refractivity contribution in [2.75, 3.05) is 39.8 Å². The second kappa shape index (κ2) is 7.38. The third-order valence-corrected chi connectivity index (χ3v) is 5.83. The number of piperidine rings is 2.